The number of nitrogens with one attached hydrogen (secondary N) is 1. The van der Waals surface area contributed by atoms with Crippen molar-refractivity contribution in [1.29, 1.82) is 0 Å². The molecule has 0 aliphatic carbocycles. The number of aromatic nitrogens is 2. The van der Waals surface area contributed by atoms with Crippen LogP contribution in [0.4, 0.5) is 18.9 Å². The summed E-state index contributed by atoms with van der Waals surface area (Å²) in [5.74, 6) is -0.732. The van der Waals surface area contributed by atoms with Crippen molar-refractivity contribution >= 4 is 23.2 Å². The molecule has 0 bridgehead atoms. The van der Waals surface area contributed by atoms with Gasteiger partial charge in [-0.2, -0.15) is 18.3 Å². The first-order valence-electron chi connectivity index (χ1n) is 6.46. The van der Waals surface area contributed by atoms with E-state index in [1.165, 1.54) is 22.9 Å². The van der Waals surface area contributed by atoms with E-state index in [9.17, 15) is 18.0 Å². The molecule has 1 aromatic heterocycles. The fourth-order valence-corrected chi connectivity index (χ4v) is 2.25. The predicted octanol–water partition coefficient (Wildman–Crippen LogP) is 4.14. The molecule has 0 spiro atoms. The van der Waals surface area contributed by atoms with Crippen molar-refractivity contribution in [3.8, 4) is 0 Å². The van der Waals surface area contributed by atoms with E-state index in [0.29, 0.717) is 12.2 Å². The quantitative estimate of drug-likeness (QED) is 0.919. The summed E-state index contributed by atoms with van der Waals surface area (Å²) in [6.07, 6.45) is -4.56. The minimum atomic E-state index is -4.56. The van der Waals surface area contributed by atoms with Crippen LogP contribution in [-0.2, 0) is 12.7 Å². The lowest BCUT2D eigenvalue weighted by molar-refractivity contribution is -0.136. The van der Waals surface area contributed by atoms with Gasteiger partial charge in [-0.15, -0.1) is 0 Å². The Labute approximate surface area is 129 Å². The van der Waals surface area contributed by atoms with Crippen LogP contribution in [0, 0.1) is 6.92 Å². The van der Waals surface area contributed by atoms with Crippen LogP contribution in [0.2, 0.25) is 5.02 Å². The zero-order valence-corrected chi connectivity index (χ0v) is 12.6. The molecule has 118 valence electrons. The van der Waals surface area contributed by atoms with Crippen molar-refractivity contribution in [2.45, 2.75) is 26.6 Å². The van der Waals surface area contributed by atoms with Crippen molar-refractivity contribution in [3.05, 3.63) is 46.2 Å². The van der Waals surface area contributed by atoms with Gasteiger partial charge in [-0.1, -0.05) is 23.7 Å². The summed E-state index contributed by atoms with van der Waals surface area (Å²) in [7, 11) is 0. The molecule has 2 rings (SSSR count). The highest BCUT2D eigenvalue weighted by Crippen LogP contribution is 2.35. The number of halogens is 4. The molecule has 2 aromatic rings. The third-order valence-corrected chi connectivity index (χ3v) is 3.50. The van der Waals surface area contributed by atoms with Gasteiger partial charge in [0.25, 0.3) is 5.91 Å². The van der Waals surface area contributed by atoms with E-state index in [4.69, 9.17) is 11.6 Å². The van der Waals surface area contributed by atoms with Gasteiger partial charge in [-0.3, -0.25) is 9.48 Å². The van der Waals surface area contributed by atoms with Gasteiger partial charge >= 0.3 is 6.18 Å². The monoisotopic (exact) mass is 331 g/mol. The van der Waals surface area contributed by atoms with Gasteiger partial charge in [0.15, 0.2) is 0 Å². The summed E-state index contributed by atoms with van der Waals surface area (Å²) in [4.78, 5) is 12.3. The Bertz CT molecular complexity index is 710. The van der Waals surface area contributed by atoms with Gasteiger partial charge in [0.05, 0.1) is 22.0 Å². The maximum Gasteiger partial charge on any atom is 0.418 e. The molecule has 1 heterocycles. The third-order valence-electron chi connectivity index (χ3n) is 3.05. The second-order valence-electron chi connectivity index (χ2n) is 4.56. The van der Waals surface area contributed by atoms with Crippen LogP contribution in [0.3, 0.4) is 0 Å². The van der Waals surface area contributed by atoms with Crippen molar-refractivity contribution in [2.24, 2.45) is 0 Å². The van der Waals surface area contributed by atoms with E-state index in [1.54, 1.807) is 13.8 Å². The fraction of sp³-hybridized carbons (Fsp3) is 0.286. The number of aryl methyl sites for hydroxylation is 2. The maximum atomic E-state index is 12.9. The van der Waals surface area contributed by atoms with E-state index in [-0.39, 0.29) is 16.4 Å². The summed E-state index contributed by atoms with van der Waals surface area (Å²) in [5.41, 5.74) is -0.757. The number of carbonyl (C=O) groups is 1. The third kappa shape index (κ3) is 3.09. The van der Waals surface area contributed by atoms with Crippen LogP contribution < -0.4 is 5.32 Å². The molecule has 22 heavy (non-hydrogen) atoms. The lowest BCUT2D eigenvalue weighted by atomic mass is 10.1. The van der Waals surface area contributed by atoms with Crippen LogP contribution in [0.25, 0.3) is 0 Å². The van der Waals surface area contributed by atoms with Gasteiger partial charge in [0, 0.05) is 6.54 Å². The van der Waals surface area contributed by atoms with Gasteiger partial charge < -0.3 is 5.32 Å². The Kier molecular flexibility index (Phi) is 4.46. The molecule has 0 atom stereocenters. The average Bonchev–Trinajstić information content (AvgIpc) is 2.73. The molecule has 0 aliphatic heterocycles. The first kappa shape index (κ1) is 16.4. The minimum absolute atomic E-state index is 0.0404. The number of anilines is 1. The summed E-state index contributed by atoms with van der Waals surface area (Å²) < 4.78 is 40.2. The smallest absolute Gasteiger partial charge is 0.320 e. The van der Waals surface area contributed by atoms with Crippen LogP contribution in [0.15, 0.2) is 24.3 Å². The molecule has 1 aromatic carbocycles. The molecule has 1 N–H and O–H groups in total. The standard InChI is InChI=1S/C14H13ClF3N3O/c1-3-21-12(11(15)8(2)20-21)13(22)19-10-7-5-4-6-9(10)14(16,17)18/h4-7H,3H2,1-2H3,(H,19,22). The Balaban J connectivity index is 2.39. The number of alkyl halides is 3. The minimum Gasteiger partial charge on any atom is -0.320 e. The molecule has 0 unspecified atom stereocenters. The zero-order valence-electron chi connectivity index (χ0n) is 11.8. The summed E-state index contributed by atoms with van der Waals surface area (Å²) >= 11 is 6.02. The highest BCUT2D eigenvalue weighted by Gasteiger charge is 2.34. The number of rotatable bonds is 3. The van der Waals surface area contributed by atoms with Crippen LogP contribution in [0.1, 0.15) is 28.7 Å². The summed E-state index contributed by atoms with van der Waals surface area (Å²) in [6, 6.07) is 4.76. The maximum absolute atomic E-state index is 12.9. The van der Waals surface area contributed by atoms with Gasteiger partial charge in [0.2, 0.25) is 0 Å². The first-order valence-corrected chi connectivity index (χ1v) is 6.84. The van der Waals surface area contributed by atoms with Crippen LogP contribution in [-0.4, -0.2) is 15.7 Å². The van der Waals surface area contributed by atoms with Crippen LogP contribution >= 0.6 is 11.6 Å². The Morgan fingerprint density at radius 1 is 1.36 bits per heavy atom. The number of hydrogen-bond acceptors (Lipinski definition) is 2. The van der Waals surface area contributed by atoms with E-state index in [0.717, 1.165) is 6.07 Å². The van der Waals surface area contributed by atoms with Gasteiger partial charge in [-0.25, -0.2) is 0 Å². The predicted molar refractivity (Wildman–Crippen MR) is 77.0 cm³/mol. The number of para-hydroxylation sites is 1. The molecule has 0 fully saturated rings. The zero-order chi connectivity index (χ0) is 16.5. The van der Waals surface area contributed by atoms with E-state index in [1.807, 2.05) is 0 Å². The number of amides is 1. The van der Waals surface area contributed by atoms with E-state index in [2.05, 4.69) is 10.4 Å². The summed E-state index contributed by atoms with van der Waals surface area (Å²) in [6.45, 7) is 3.75. The number of hydrogen-bond donors (Lipinski definition) is 1. The number of carbonyl (C=O) groups excluding carboxylic acids is 1. The first-order chi connectivity index (χ1) is 10.3. The molecule has 0 saturated carbocycles. The lowest BCUT2D eigenvalue weighted by Crippen LogP contribution is -2.20. The molecular weight excluding hydrogens is 319 g/mol. The largest absolute Gasteiger partial charge is 0.418 e. The normalized spacial score (nSPS) is 11.5. The lowest BCUT2D eigenvalue weighted by Gasteiger charge is -2.14. The average molecular weight is 332 g/mol. The van der Waals surface area contributed by atoms with Crippen molar-refractivity contribution in [1.82, 2.24) is 9.78 Å². The Morgan fingerprint density at radius 3 is 2.59 bits per heavy atom. The molecule has 1 amide bonds. The summed E-state index contributed by atoms with van der Waals surface area (Å²) in [5, 5.41) is 6.45. The fourth-order valence-electron chi connectivity index (χ4n) is 2.03. The second-order valence-corrected chi connectivity index (χ2v) is 4.94. The SMILES string of the molecule is CCn1nc(C)c(Cl)c1C(=O)Nc1ccccc1C(F)(F)F. The molecule has 8 heteroatoms. The highest BCUT2D eigenvalue weighted by atomic mass is 35.5. The van der Waals surface area contributed by atoms with Crippen molar-refractivity contribution in [2.75, 3.05) is 5.32 Å². The topological polar surface area (TPSA) is 46.9 Å². The Hall–Kier alpha value is -2.02. The number of benzene rings is 1. The van der Waals surface area contributed by atoms with Crippen LogP contribution in [0.5, 0.6) is 0 Å². The van der Waals surface area contributed by atoms with Crippen molar-refractivity contribution in [3.63, 3.8) is 0 Å². The molecular formula is C14H13ClF3N3O. The second kappa shape index (κ2) is 6.00. The van der Waals surface area contributed by atoms with E-state index >= 15 is 0 Å². The number of nitrogens with zero attached hydrogens (tertiary/aromatic N) is 2. The molecule has 0 saturated heterocycles. The van der Waals surface area contributed by atoms with Crippen molar-refractivity contribution < 1.29 is 18.0 Å². The van der Waals surface area contributed by atoms with Gasteiger partial charge in [0.1, 0.15) is 5.69 Å². The molecule has 0 radical (unpaired) electrons. The van der Waals surface area contributed by atoms with Gasteiger partial charge in [-0.05, 0) is 26.0 Å². The highest BCUT2D eigenvalue weighted by molar-refractivity contribution is 6.34. The Morgan fingerprint density at radius 2 is 2.00 bits per heavy atom. The molecule has 0 aliphatic rings. The molecule has 4 nitrogen and oxygen atoms in total. The van der Waals surface area contributed by atoms with E-state index < -0.39 is 17.6 Å².